The number of nitrogens with one attached hydrogen (secondary N) is 2. The van der Waals surface area contributed by atoms with E-state index < -0.39 is 0 Å². The van der Waals surface area contributed by atoms with Gasteiger partial charge in [-0.1, -0.05) is 6.07 Å². The van der Waals surface area contributed by atoms with Crippen LogP contribution in [-0.2, 0) is 4.79 Å². The molecule has 6 nitrogen and oxygen atoms in total. The fourth-order valence-corrected chi connectivity index (χ4v) is 2.17. The third-order valence-corrected chi connectivity index (χ3v) is 3.15. The maximum atomic E-state index is 11.6. The van der Waals surface area contributed by atoms with E-state index in [2.05, 4.69) is 20.7 Å². The van der Waals surface area contributed by atoms with Crippen molar-refractivity contribution in [2.75, 3.05) is 11.9 Å². The number of fused-ring (bicyclic) bond motifs is 1. The number of hydrogen-bond donors (Lipinski definition) is 2. The number of aryl methyl sites for hydroxylation is 1. The van der Waals surface area contributed by atoms with E-state index in [0.29, 0.717) is 5.95 Å². The van der Waals surface area contributed by atoms with Gasteiger partial charge in [0.05, 0.1) is 0 Å². The van der Waals surface area contributed by atoms with Gasteiger partial charge in [-0.2, -0.15) is 4.98 Å². The molecule has 2 N–H and O–H groups in total. The van der Waals surface area contributed by atoms with Gasteiger partial charge in [-0.05, 0) is 31.4 Å². The number of piperidine rings is 1. The van der Waals surface area contributed by atoms with Gasteiger partial charge in [0.2, 0.25) is 11.9 Å². The Balaban J connectivity index is 1.86. The van der Waals surface area contributed by atoms with Crippen molar-refractivity contribution in [1.29, 1.82) is 0 Å². The van der Waals surface area contributed by atoms with Gasteiger partial charge in [-0.15, -0.1) is 5.10 Å². The number of rotatable bonds is 2. The van der Waals surface area contributed by atoms with Gasteiger partial charge in [0, 0.05) is 12.7 Å². The van der Waals surface area contributed by atoms with E-state index >= 15 is 0 Å². The van der Waals surface area contributed by atoms with Crippen molar-refractivity contribution in [3.8, 4) is 0 Å². The van der Waals surface area contributed by atoms with E-state index in [1.54, 1.807) is 4.52 Å². The van der Waals surface area contributed by atoms with Crippen molar-refractivity contribution in [3.63, 3.8) is 0 Å². The zero-order valence-electron chi connectivity index (χ0n) is 10.2. The van der Waals surface area contributed by atoms with Crippen molar-refractivity contribution in [1.82, 2.24) is 19.9 Å². The zero-order chi connectivity index (χ0) is 12.5. The number of aromatic nitrogens is 3. The molecule has 18 heavy (non-hydrogen) atoms. The van der Waals surface area contributed by atoms with Gasteiger partial charge in [0.25, 0.3) is 0 Å². The van der Waals surface area contributed by atoms with Crippen molar-refractivity contribution in [3.05, 3.63) is 23.9 Å². The summed E-state index contributed by atoms with van der Waals surface area (Å²) in [5.74, 6) is 0.531. The second kappa shape index (κ2) is 4.29. The molecule has 1 fully saturated rings. The maximum absolute atomic E-state index is 11.6. The van der Waals surface area contributed by atoms with Gasteiger partial charge in [-0.25, -0.2) is 4.52 Å². The smallest absolute Gasteiger partial charge is 0.243 e. The highest BCUT2D eigenvalue weighted by Gasteiger charge is 2.22. The molecule has 2 aromatic rings. The van der Waals surface area contributed by atoms with Crippen molar-refractivity contribution < 1.29 is 4.79 Å². The summed E-state index contributed by atoms with van der Waals surface area (Å²) in [6.07, 6.45) is 3.65. The molecular weight excluding hydrogens is 230 g/mol. The summed E-state index contributed by atoms with van der Waals surface area (Å²) in [6, 6.07) is 3.69. The number of nitrogens with zero attached hydrogens (tertiary/aromatic N) is 3. The fraction of sp³-hybridized carbons (Fsp3) is 0.417. The zero-order valence-corrected chi connectivity index (χ0v) is 10.2. The van der Waals surface area contributed by atoms with E-state index in [9.17, 15) is 4.79 Å². The molecule has 3 heterocycles. The minimum atomic E-state index is -0.225. The van der Waals surface area contributed by atoms with Crippen LogP contribution < -0.4 is 10.6 Å². The largest absolute Gasteiger partial charge is 0.354 e. The maximum Gasteiger partial charge on any atom is 0.243 e. The van der Waals surface area contributed by atoms with Crippen LogP contribution in [0.5, 0.6) is 0 Å². The van der Waals surface area contributed by atoms with Crippen LogP contribution in [0.4, 0.5) is 5.95 Å². The molecule has 94 valence electrons. The Labute approximate surface area is 104 Å². The Kier molecular flexibility index (Phi) is 2.62. The molecule has 1 aliphatic rings. The number of carbonyl (C=O) groups excluding carboxylic acids is 1. The summed E-state index contributed by atoms with van der Waals surface area (Å²) in [7, 11) is 0. The molecule has 0 aromatic carbocycles. The Bertz CT molecular complexity index is 591. The molecule has 0 spiro atoms. The lowest BCUT2D eigenvalue weighted by Crippen LogP contribution is -2.44. The highest BCUT2D eigenvalue weighted by Crippen LogP contribution is 2.13. The van der Waals surface area contributed by atoms with Crippen LogP contribution in [0.3, 0.4) is 0 Å². The summed E-state index contributed by atoms with van der Waals surface area (Å²) >= 11 is 0. The number of carbonyl (C=O) groups is 1. The first-order valence-corrected chi connectivity index (χ1v) is 6.10. The summed E-state index contributed by atoms with van der Waals surface area (Å²) in [6.45, 7) is 2.75. The predicted molar refractivity (Wildman–Crippen MR) is 67.4 cm³/mol. The van der Waals surface area contributed by atoms with Gasteiger partial charge in [0.1, 0.15) is 6.04 Å². The predicted octanol–water partition coefficient (Wildman–Crippen LogP) is 0.728. The third-order valence-electron chi connectivity index (χ3n) is 3.15. The Morgan fingerprint density at radius 2 is 2.44 bits per heavy atom. The molecular formula is C12H15N5O. The van der Waals surface area contributed by atoms with Crippen LogP contribution in [0.15, 0.2) is 18.3 Å². The number of anilines is 1. The normalized spacial score (nSPS) is 19.8. The molecule has 1 saturated heterocycles. The third kappa shape index (κ3) is 1.90. The summed E-state index contributed by atoms with van der Waals surface area (Å²) in [4.78, 5) is 16.0. The van der Waals surface area contributed by atoms with Crippen molar-refractivity contribution >= 4 is 17.5 Å². The molecule has 3 rings (SSSR count). The average molecular weight is 245 g/mol. The standard InChI is InChI=1S/C12H15N5O/c1-8-4-3-7-17-10(8)15-12(16-17)14-9-5-2-6-13-11(9)18/h3-4,7,9H,2,5-6H2,1H3,(H,13,18)(H,14,16). The SMILES string of the molecule is Cc1cccn2nc(NC3CCCNC3=O)nc12. The second-order valence-corrected chi connectivity index (χ2v) is 4.52. The highest BCUT2D eigenvalue weighted by atomic mass is 16.2. The number of hydrogen-bond acceptors (Lipinski definition) is 4. The van der Waals surface area contributed by atoms with Crippen LogP contribution in [0.25, 0.3) is 5.65 Å². The van der Waals surface area contributed by atoms with Crippen LogP contribution >= 0.6 is 0 Å². The van der Waals surface area contributed by atoms with Gasteiger partial charge in [-0.3, -0.25) is 4.79 Å². The van der Waals surface area contributed by atoms with Gasteiger partial charge < -0.3 is 10.6 Å². The summed E-state index contributed by atoms with van der Waals surface area (Å²) in [5, 5.41) is 10.2. The van der Waals surface area contributed by atoms with Crippen molar-refractivity contribution in [2.24, 2.45) is 0 Å². The van der Waals surface area contributed by atoms with E-state index in [0.717, 1.165) is 30.6 Å². The second-order valence-electron chi connectivity index (χ2n) is 4.52. The van der Waals surface area contributed by atoms with Crippen molar-refractivity contribution in [2.45, 2.75) is 25.8 Å². The quantitative estimate of drug-likeness (QED) is 0.818. The first kappa shape index (κ1) is 11.0. The van der Waals surface area contributed by atoms with Crippen LogP contribution in [-0.4, -0.2) is 33.1 Å². The molecule has 1 unspecified atom stereocenters. The first-order chi connectivity index (χ1) is 8.74. The minimum Gasteiger partial charge on any atom is -0.354 e. The summed E-state index contributed by atoms with van der Waals surface area (Å²) in [5.41, 5.74) is 1.88. The van der Waals surface area contributed by atoms with E-state index in [1.807, 2.05) is 25.3 Å². The monoisotopic (exact) mass is 245 g/mol. The first-order valence-electron chi connectivity index (χ1n) is 6.10. The molecule has 1 amide bonds. The van der Waals surface area contributed by atoms with E-state index in [-0.39, 0.29) is 11.9 Å². The topological polar surface area (TPSA) is 71.3 Å². The molecule has 1 atom stereocenters. The van der Waals surface area contributed by atoms with Crippen LogP contribution in [0.2, 0.25) is 0 Å². The molecule has 0 bridgehead atoms. The fourth-order valence-electron chi connectivity index (χ4n) is 2.17. The lowest BCUT2D eigenvalue weighted by Gasteiger charge is -2.21. The van der Waals surface area contributed by atoms with Gasteiger partial charge >= 0.3 is 0 Å². The van der Waals surface area contributed by atoms with E-state index in [4.69, 9.17) is 0 Å². The number of amides is 1. The molecule has 0 aliphatic carbocycles. The Morgan fingerprint density at radius 3 is 3.22 bits per heavy atom. The Morgan fingerprint density at radius 1 is 1.56 bits per heavy atom. The average Bonchev–Trinajstić information content (AvgIpc) is 2.76. The van der Waals surface area contributed by atoms with Crippen LogP contribution in [0, 0.1) is 6.92 Å². The minimum absolute atomic E-state index is 0.0248. The molecule has 6 heteroatoms. The molecule has 0 radical (unpaired) electrons. The lowest BCUT2D eigenvalue weighted by atomic mass is 10.1. The van der Waals surface area contributed by atoms with Gasteiger partial charge in [0.15, 0.2) is 5.65 Å². The van der Waals surface area contributed by atoms with Crippen LogP contribution in [0.1, 0.15) is 18.4 Å². The lowest BCUT2D eigenvalue weighted by molar-refractivity contribution is -0.123. The molecule has 1 aliphatic heterocycles. The summed E-state index contributed by atoms with van der Waals surface area (Å²) < 4.78 is 1.72. The highest BCUT2D eigenvalue weighted by molar-refractivity contribution is 5.84. The molecule has 2 aromatic heterocycles. The Hall–Kier alpha value is -2.11. The number of pyridine rings is 1. The van der Waals surface area contributed by atoms with E-state index in [1.165, 1.54) is 0 Å². The molecule has 0 saturated carbocycles.